The Morgan fingerprint density at radius 2 is 2.32 bits per heavy atom. The zero-order chi connectivity index (χ0) is 14.6. The van der Waals surface area contributed by atoms with Gasteiger partial charge in [0, 0.05) is 6.42 Å². The van der Waals surface area contributed by atoms with Gasteiger partial charge in [0.05, 0.1) is 16.0 Å². The van der Waals surface area contributed by atoms with Gasteiger partial charge in [0.25, 0.3) is 5.69 Å². The molecule has 0 aliphatic heterocycles. The fourth-order valence-corrected chi connectivity index (χ4v) is 1.47. The molecule has 0 aromatic heterocycles. The predicted octanol–water partition coefficient (Wildman–Crippen LogP) is 2.28. The molecule has 1 unspecified atom stereocenters. The van der Waals surface area contributed by atoms with Gasteiger partial charge in [-0.3, -0.25) is 10.1 Å². The van der Waals surface area contributed by atoms with Crippen LogP contribution in [0.25, 0.3) is 0 Å². The van der Waals surface area contributed by atoms with Crippen LogP contribution in [0, 0.1) is 28.3 Å². The van der Waals surface area contributed by atoms with E-state index in [1.165, 1.54) is 0 Å². The first-order chi connectivity index (χ1) is 8.86. The smallest absolute Gasteiger partial charge is 0.327 e. The van der Waals surface area contributed by atoms with E-state index in [0.717, 1.165) is 6.07 Å². The molecule has 1 rings (SSSR count). The third-order valence-corrected chi connectivity index (χ3v) is 2.47. The molecular formula is C11H8ClFN2O4. The molecule has 0 fully saturated rings. The minimum Gasteiger partial charge on any atom is -0.480 e. The van der Waals surface area contributed by atoms with Crippen molar-refractivity contribution in [1.82, 2.24) is 0 Å². The van der Waals surface area contributed by atoms with Gasteiger partial charge in [-0.15, -0.1) is 12.3 Å². The maximum absolute atomic E-state index is 13.2. The van der Waals surface area contributed by atoms with E-state index in [0.29, 0.717) is 6.07 Å². The molecule has 0 heterocycles. The third-order valence-electron chi connectivity index (χ3n) is 2.19. The van der Waals surface area contributed by atoms with Crippen LogP contribution in [0.4, 0.5) is 15.8 Å². The summed E-state index contributed by atoms with van der Waals surface area (Å²) in [7, 11) is 0. The molecule has 19 heavy (non-hydrogen) atoms. The molecule has 0 aliphatic carbocycles. The van der Waals surface area contributed by atoms with Crippen molar-refractivity contribution in [1.29, 1.82) is 0 Å². The summed E-state index contributed by atoms with van der Waals surface area (Å²) in [6, 6.07) is 0.325. The van der Waals surface area contributed by atoms with Crippen molar-refractivity contribution in [3.05, 3.63) is 33.1 Å². The van der Waals surface area contributed by atoms with E-state index in [2.05, 4.69) is 11.2 Å². The quantitative estimate of drug-likeness (QED) is 0.492. The van der Waals surface area contributed by atoms with Crippen LogP contribution in [-0.4, -0.2) is 22.0 Å². The number of nitro benzene ring substituents is 1. The molecule has 0 bridgehead atoms. The minimum atomic E-state index is -1.28. The van der Waals surface area contributed by atoms with Gasteiger partial charge in [-0.2, -0.15) is 0 Å². The Morgan fingerprint density at radius 1 is 1.68 bits per heavy atom. The molecule has 6 nitrogen and oxygen atoms in total. The molecule has 1 atom stereocenters. The van der Waals surface area contributed by atoms with Gasteiger partial charge in [-0.05, 0) is 6.07 Å². The Bertz CT molecular complexity index is 571. The number of carboxylic acids is 1. The Hall–Kier alpha value is -2.33. The third kappa shape index (κ3) is 3.56. The molecule has 0 spiro atoms. The summed E-state index contributed by atoms with van der Waals surface area (Å²) in [6.45, 7) is 0. The Morgan fingerprint density at radius 3 is 2.79 bits per heavy atom. The van der Waals surface area contributed by atoms with Crippen LogP contribution in [0.15, 0.2) is 12.1 Å². The Labute approximate surface area is 112 Å². The average Bonchev–Trinajstić information content (AvgIpc) is 2.32. The lowest BCUT2D eigenvalue weighted by Crippen LogP contribution is -2.29. The van der Waals surface area contributed by atoms with E-state index in [4.69, 9.17) is 23.1 Å². The zero-order valence-electron chi connectivity index (χ0n) is 9.39. The standard InChI is InChI=1S/C11H8ClFN2O4/c1-2-3-8(11(16)17)14-9-4-6(12)7(13)5-10(9)15(18)19/h1,4-5,8,14H,3H2,(H,16,17). The van der Waals surface area contributed by atoms with Crippen molar-refractivity contribution in [2.45, 2.75) is 12.5 Å². The van der Waals surface area contributed by atoms with E-state index in [1.807, 2.05) is 0 Å². The molecule has 1 aromatic carbocycles. The van der Waals surface area contributed by atoms with Crippen molar-refractivity contribution in [2.24, 2.45) is 0 Å². The molecular weight excluding hydrogens is 279 g/mol. The SMILES string of the molecule is C#CCC(Nc1cc(Cl)c(F)cc1[N+](=O)[O-])C(=O)O. The van der Waals surface area contributed by atoms with E-state index >= 15 is 0 Å². The van der Waals surface area contributed by atoms with Gasteiger partial charge in [-0.25, -0.2) is 9.18 Å². The summed E-state index contributed by atoms with van der Waals surface area (Å²) in [6.07, 6.45) is 4.81. The highest BCUT2D eigenvalue weighted by Crippen LogP contribution is 2.31. The van der Waals surface area contributed by atoms with Crippen molar-refractivity contribution in [3.63, 3.8) is 0 Å². The second-order valence-corrected chi connectivity index (χ2v) is 3.89. The molecule has 2 N–H and O–H groups in total. The van der Waals surface area contributed by atoms with Crippen molar-refractivity contribution in [3.8, 4) is 12.3 Å². The molecule has 0 saturated heterocycles. The number of halogens is 2. The number of carbonyl (C=O) groups is 1. The van der Waals surface area contributed by atoms with Crippen LogP contribution in [0.3, 0.4) is 0 Å². The molecule has 0 aliphatic rings. The van der Waals surface area contributed by atoms with Crippen molar-refractivity contribution >= 4 is 28.9 Å². The minimum absolute atomic E-state index is 0.193. The Balaban J connectivity index is 3.18. The lowest BCUT2D eigenvalue weighted by Gasteiger charge is -2.13. The zero-order valence-corrected chi connectivity index (χ0v) is 10.1. The van der Waals surface area contributed by atoms with Crippen LogP contribution < -0.4 is 5.32 Å². The van der Waals surface area contributed by atoms with E-state index in [9.17, 15) is 19.3 Å². The first-order valence-electron chi connectivity index (χ1n) is 4.93. The second kappa shape index (κ2) is 6.02. The van der Waals surface area contributed by atoms with Crippen LogP contribution in [0.1, 0.15) is 6.42 Å². The fraction of sp³-hybridized carbons (Fsp3) is 0.182. The maximum atomic E-state index is 13.2. The number of benzene rings is 1. The molecule has 0 amide bonds. The van der Waals surface area contributed by atoms with Gasteiger partial charge < -0.3 is 10.4 Å². The average molecular weight is 287 g/mol. The largest absolute Gasteiger partial charge is 0.480 e. The number of terminal acetylenes is 1. The number of hydrogen-bond donors (Lipinski definition) is 2. The number of carboxylic acid groups (broad SMARTS) is 1. The number of nitro groups is 1. The number of nitrogens with zero attached hydrogens (tertiary/aromatic N) is 1. The second-order valence-electron chi connectivity index (χ2n) is 3.48. The monoisotopic (exact) mass is 286 g/mol. The lowest BCUT2D eigenvalue weighted by atomic mass is 10.2. The van der Waals surface area contributed by atoms with Gasteiger partial charge in [0.2, 0.25) is 0 Å². The predicted molar refractivity (Wildman–Crippen MR) is 66.6 cm³/mol. The van der Waals surface area contributed by atoms with Gasteiger partial charge in [0.15, 0.2) is 0 Å². The van der Waals surface area contributed by atoms with Gasteiger partial charge >= 0.3 is 5.97 Å². The summed E-state index contributed by atoms with van der Waals surface area (Å²) in [5.74, 6) is -0.130. The first-order valence-corrected chi connectivity index (χ1v) is 5.30. The van der Waals surface area contributed by atoms with E-state index in [-0.39, 0.29) is 17.1 Å². The highest BCUT2D eigenvalue weighted by molar-refractivity contribution is 6.31. The summed E-state index contributed by atoms with van der Waals surface area (Å²) in [5.41, 5.74) is -0.829. The van der Waals surface area contributed by atoms with Gasteiger partial charge in [0.1, 0.15) is 17.5 Å². The molecule has 0 saturated carbocycles. The van der Waals surface area contributed by atoms with Crippen molar-refractivity contribution in [2.75, 3.05) is 5.32 Å². The van der Waals surface area contributed by atoms with Crippen LogP contribution in [0.5, 0.6) is 0 Å². The van der Waals surface area contributed by atoms with Crippen LogP contribution in [0.2, 0.25) is 5.02 Å². The molecule has 1 aromatic rings. The summed E-state index contributed by atoms with van der Waals surface area (Å²) >= 11 is 5.51. The van der Waals surface area contributed by atoms with E-state index in [1.54, 1.807) is 0 Å². The topological polar surface area (TPSA) is 92.5 Å². The fourth-order valence-electron chi connectivity index (χ4n) is 1.31. The lowest BCUT2D eigenvalue weighted by molar-refractivity contribution is -0.384. The summed E-state index contributed by atoms with van der Waals surface area (Å²) in [4.78, 5) is 20.8. The highest BCUT2D eigenvalue weighted by atomic mass is 35.5. The maximum Gasteiger partial charge on any atom is 0.327 e. The number of aliphatic carboxylic acids is 1. The summed E-state index contributed by atoms with van der Waals surface area (Å²) in [5, 5.41) is 21.6. The summed E-state index contributed by atoms with van der Waals surface area (Å²) < 4.78 is 13.2. The van der Waals surface area contributed by atoms with Crippen LogP contribution in [-0.2, 0) is 4.79 Å². The normalized spacial score (nSPS) is 11.4. The number of anilines is 1. The highest BCUT2D eigenvalue weighted by Gasteiger charge is 2.23. The Kier molecular flexibility index (Phi) is 4.67. The molecule has 100 valence electrons. The van der Waals surface area contributed by atoms with E-state index < -0.39 is 28.4 Å². The number of nitrogens with one attached hydrogen (secondary N) is 1. The van der Waals surface area contributed by atoms with Crippen LogP contribution >= 0.6 is 11.6 Å². The number of hydrogen-bond acceptors (Lipinski definition) is 4. The molecule has 0 radical (unpaired) electrons. The molecule has 8 heteroatoms. The van der Waals surface area contributed by atoms with Crippen molar-refractivity contribution < 1.29 is 19.2 Å². The van der Waals surface area contributed by atoms with Gasteiger partial charge in [-0.1, -0.05) is 11.6 Å². The first kappa shape index (κ1) is 14.7. The number of rotatable bonds is 5.